The number of nitrogen functional groups attached to an aromatic ring is 1. The molecule has 8 nitrogen and oxygen atoms in total. The monoisotopic (exact) mass is 356 g/mol. The minimum Gasteiger partial charge on any atom is -0.488 e. The summed E-state index contributed by atoms with van der Waals surface area (Å²) in [7, 11) is 0. The van der Waals surface area contributed by atoms with E-state index in [0.29, 0.717) is 5.02 Å². The van der Waals surface area contributed by atoms with Crippen LogP contribution in [0.2, 0.25) is 5.02 Å². The summed E-state index contributed by atoms with van der Waals surface area (Å²) in [4.78, 5) is 38.7. The van der Waals surface area contributed by atoms with Gasteiger partial charge in [0.15, 0.2) is 11.6 Å². The number of nitrogens with one attached hydrogen (secondary N) is 3. The highest BCUT2D eigenvalue weighted by molar-refractivity contribution is 6.30. The number of hydrogen-bond donors (Lipinski definition) is 4. The molecular formula is C14H14ClFN4O4. The number of aromatic amines is 2. The van der Waals surface area contributed by atoms with E-state index in [2.05, 4.69) is 10.3 Å². The molecule has 0 radical (unpaired) electrons. The van der Waals surface area contributed by atoms with Crippen LogP contribution in [0.3, 0.4) is 0 Å². The minimum absolute atomic E-state index is 0.0623. The van der Waals surface area contributed by atoms with Gasteiger partial charge in [0.05, 0.1) is 6.04 Å². The Hall–Kier alpha value is -2.81. The summed E-state index contributed by atoms with van der Waals surface area (Å²) in [6.07, 6.45) is 0. The topological polar surface area (TPSA) is 130 Å². The van der Waals surface area contributed by atoms with Crippen LogP contribution in [0.15, 0.2) is 27.8 Å². The third-order valence-corrected chi connectivity index (χ3v) is 3.20. The third-order valence-electron chi connectivity index (χ3n) is 2.97. The fraction of sp³-hybridized carbons (Fsp3) is 0.214. The van der Waals surface area contributed by atoms with Gasteiger partial charge in [-0.05, 0) is 19.1 Å². The summed E-state index contributed by atoms with van der Waals surface area (Å²) in [6, 6.07) is 3.26. The number of halogens is 2. The molecular weight excluding hydrogens is 343 g/mol. The second-order valence-corrected chi connectivity index (χ2v) is 5.39. The lowest BCUT2D eigenvalue weighted by atomic mass is 10.3. The molecule has 0 bridgehead atoms. The van der Waals surface area contributed by atoms with E-state index in [1.165, 1.54) is 12.1 Å². The largest absolute Gasteiger partial charge is 0.488 e. The van der Waals surface area contributed by atoms with Gasteiger partial charge < -0.3 is 20.8 Å². The molecule has 2 aromatic rings. The summed E-state index contributed by atoms with van der Waals surface area (Å²) < 4.78 is 18.8. The fourth-order valence-electron chi connectivity index (χ4n) is 1.82. The Labute approximate surface area is 139 Å². The van der Waals surface area contributed by atoms with E-state index >= 15 is 0 Å². The Morgan fingerprint density at radius 2 is 2.12 bits per heavy atom. The van der Waals surface area contributed by atoms with Gasteiger partial charge in [-0.3, -0.25) is 14.6 Å². The predicted molar refractivity (Wildman–Crippen MR) is 85.9 cm³/mol. The normalized spacial score (nSPS) is 11.8. The van der Waals surface area contributed by atoms with Gasteiger partial charge in [0.1, 0.15) is 18.0 Å². The van der Waals surface area contributed by atoms with Crippen LogP contribution in [0, 0.1) is 5.82 Å². The summed E-state index contributed by atoms with van der Waals surface area (Å²) in [5.74, 6) is -1.42. The Morgan fingerprint density at radius 3 is 2.83 bits per heavy atom. The van der Waals surface area contributed by atoms with Crippen LogP contribution in [0.4, 0.5) is 10.1 Å². The molecule has 1 aromatic carbocycles. The van der Waals surface area contributed by atoms with Crippen molar-refractivity contribution in [1.82, 2.24) is 15.3 Å². The van der Waals surface area contributed by atoms with Crippen molar-refractivity contribution in [1.29, 1.82) is 0 Å². The maximum Gasteiger partial charge on any atom is 0.326 e. The second kappa shape index (κ2) is 7.18. The third kappa shape index (κ3) is 4.13. The number of amides is 1. The van der Waals surface area contributed by atoms with E-state index in [1.807, 2.05) is 4.98 Å². The lowest BCUT2D eigenvalue weighted by Gasteiger charge is -2.15. The molecule has 1 heterocycles. The van der Waals surface area contributed by atoms with Crippen LogP contribution in [-0.2, 0) is 0 Å². The first-order valence-electron chi connectivity index (χ1n) is 6.78. The SMILES string of the molecule is C[C@H](COc1cc(Cl)ccc1F)NC(=O)c1[nH]c(=O)[nH]c(=O)c1N. The van der Waals surface area contributed by atoms with Crippen molar-refractivity contribution in [3.8, 4) is 5.75 Å². The fourth-order valence-corrected chi connectivity index (χ4v) is 1.98. The van der Waals surface area contributed by atoms with Crippen molar-refractivity contribution in [2.24, 2.45) is 0 Å². The smallest absolute Gasteiger partial charge is 0.326 e. The first kappa shape index (κ1) is 17.5. The zero-order valence-corrected chi connectivity index (χ0v) is 13.2. The molecule has 128 valence electrons. The highest BCUT2D eigenvalue weighted by atomic mass is 35.5. The number of hydrogen-bond acceptors (Lipinski definition) is 5. The molecule has 5 N–H and O–H groups in total. The lowest BCUT2D eigenvalue weighted by molar-refractivity contribution is 0.0921. The molecule has 0 saturated carbocycles. The molecule has 0 aliphatic rings. The van der Waals surface area contributed by atoms with Gasteiger partial charge in [-0.2, -0.15) is 0 Å². The molecule has 0 aliphatic carbocycles. The Morgan fingerprint density at radius 1 is 1.42 bits per heavy atom. The Balaban J connectivity index is 2.03. The van der Waals surface area contributed by atoms with Crippen LogP contribution >= 0.6 is 11.6 Å². The van der Waals surface area contributed by atoms with Crippen molar-refractivity contribution >= 4 is 23.2 Å². The number of anilines is 1. The minimum atomic E-state index is -0.867. The van der Waals surface area contributed by atoms with Crippen molar-refractivity contribution in [2.45, 2.75) is 13.0 Å². The number of ether oxygens (including phenoxy) is 1. The number of carbonyl (C=O) groups excluding carboxylic acids is 1. The van der Waals surface area contributed by atoms with E-state index in [1.54, 1.807) is 6.92 Å². The Kier molecular flexibility index (Phi) is 5.24. The summed E-state index contributed by atoms with van der Waals surface area (Å²) in [5, 5.41) is 2.78. The van der Waals surface area contributed by atoms with Crippen LogP contribution in [0.5, 0.6) is 5.75 Å². The molecule has 0 aliphatic heterocycles. The number of aromatic nitrogens is 2. The predicted octanol–water partition coefficient (Wildman–Crippen LogP) is 0.635. The van der Waals surface area contributed by atoms with Gasteiger partial charge in [-0.15, -0.1) is 0 Å². The molecule has 2 rings (SSSR count). The second-order valence-electron chi connectivity index (χ2n) is 4.96. The van der Waals surface area contributed by atoms with Crippen LogP contribution < -0.4 is 27.0 Å². The highest BCUT2D eigenvalue weighted by Crippen LogP contribution is 2.21. The number of benzene rings is 1. The van der Waals surface area contributed by atoms with Gasteiger partial charge in [0, 0.05) is 11.1 Å². The number of H-pyrrole nitrogens is 2. The molecule has 24 heavy (non-hydrogen) atoms. The number of nitrogens with two attached hydrogens (primary N) is 1. The average molecular weight is 357 g/mol. The van der Waals surface area contributed by atoms with Crippen molar-refractivity contribution in [3.63, 3.8) is 0 Å². The molecule has 10 heteroatoms. The summed E-state index contributed by atoms with van der Waals surface area (Å²) in [5.41, 5.74) is 2.96. The van der Waals surface area contributed by atoms with E-state index in [0.717, 1.165) is 6.07 Å². The van der Waals surface area contributed by atoms with E-state index in [4.69, 9.17) is 22.1 Å². The van der Waals surface area contributed by atoms with Crippen LogP contribution in [-0.4, -0.2) is 28.5 Å². The highest BCUT2D eigenvalue weighted by Gasteiger charge is 2.17. The van der Waals surface area contributed by atoms with E-state index in [-0.39, 0.29) is 18.1 Å². The van der Waals surface area contributed by atoms with Gasteiger partial charge in [0.25, 0.3) is 11.5 Å². The standard InChI is InChI=1S/C14H14ClFN4O4/c1-6(5-24-9-4-7(15)2-3-8(9)16)18-13(22)11-10(17)12(21)20-14(23)19-11/h2-4,6H,5,17H2,1H3,(H,18,22)(H2,19,20,21,23)/t6-/m1/s1. The summed E-state index contributed by atoms with van der Waals surface area (Å²) >= 11 is 5.75. The number of carbonyl (C=O) groups is 1. The average Bonchev–Trinajstić information content (AvgIpc) is 2.51. The van der Waals surface area contributed by atoms with Gasteiger partial charge in [0.2, 0.25) is 0 Å². The summed E-state index contributed by atoms with van der Waals surface area (Å²) in [6.45, 7) is 1.51. The van der Waals surface area contributed by atoms with E-state index < -0.39 is 34.7 Å². The maximum atomic E-state index is 13.5. The van der Waals surface area contributed by atoms with Crippen molar-refractivity contribution < 1.29 is 13.9 Å². The first-order chi connectivity index (χ1) is 11.3. The molecule has 1 atom stereocenters. The molecule has 1 amide bonds. The molecule has 1 aromatic heterocycles. The zero-order valence-electron chi connectivity index (χ0n) is 12.5. The molecule has 0 spiro atoms. The first-order valence-corrected chi connectivity index (χ1v) is 7.16. The molecule has 0 fully saturated rings. The zero-order chi connectivity index (χ0) is 17.9. The van der Waals surface area contributed by atoms with Gasteiger partial charge in [-0.25, -0.2) is 9.18 Å². The van der Waals surface area contributed by atoms with Crippen LogP contribution in [0.25, 0.3) is 0 Å². The van der Waals surface area contributed by atoms with Crippen molar-refractivity contribution in [2.75, 3.05) is 12.3 Å². The lowest BCUT2D eigenvalue weighted by Crippen LogP contribution is -2.40. The molecule has 0 unspecified atom stereocenters. The van der Waals surface area contributed by atoms with E-state index in [9.17, 15) is 18.8 Å². The number of rotatable bonds is 5. The molecule has 0 saturated heterocycles. The van der Waals surface area contributed by atoms with Gasteiger partial charge >= 0.3 is 5.69 Å². The van der Waals surface area contributed by atoms with Gasteiger partial charge in [-0.1, -0.05) is 11.6 Å². The Bertz CT molecular complexity index is 880. The van der Waals surface area contributed by atoms with Crippen LogP contribution in [0.1, 0.15) is 17.4 Å². The quantitative estimate of drug-likeness (QED) is 0.624. The maximum absolute atomic E-state index is 13.5. The van der Waals surface area contributed by atoms with Crippen molar-refractivity contribution in [3.05, 3.63) is 55.6 Å².